The van der Waals surface area contributed by atoms with E-state index in [9.17, 15) is 4.79 Å². The van der Waals surface area contributed by atoms with E-state index in [1.807, 2.05) is 61.7 Å². The van der Waals surface area contributed by atoms with Crippen molar-refractivity contribution in [2.24, 2.45) is 0 Å². The Balaban J connectivity index is 1.56. The molecule has 0 saturated heterocycles. The van der Waals surface area contributed by atoms with Crippen LogP contribution in [-0.4, -0.2) is 33.0 Å². The smallest absolute Gasteiger partial charge is 0.259 e. The molecule has 1 aromatic carbocycles. The van der Waals surface area contributed by atoms with Crippen molar-refractivity contribution in [1.29, 1.82) is 0 Å². The van der Waals surface area contributed by atoms with Crippen molar-refractivity contribution in [1.82, 2.24) is 20.0 Å². The van der Waals surface area contributed by atoms with Gasteiger partial charge in [-0.2, -0.15) is 0 Å². The molecule has 4 aromatic heterocycles. The largest absolute Gasteiger partial charge is 0.335 e. The van der Waals surface area contributed by atoms with Crippen LogP contribution >= 0.6 is 22.7 Å². The summed E-state index contributed by atoms with van der Waals surface area (Å²) in [5, 5.41) is 7.58. The fourth-order valence-corrected chi connectivity index (χ4v) is 5.16. The topological polar surface area (TPSA) is 72.1 Å². The number of para-hydroxylation sites is 1. The molecule has 5 rings (SSSR count). The van der Waals surface area contributed by atoms with Gasteiger partial charge in [-0.1, -0.05) is 23.4 Å². The number of fused-ring (bicyclic) bond motifs is 2. The van der Waals surface area contributed by atoms with Crippen LogP contribution in [0.25, 0.3) is 31.9 Å². The van der Waals surface area contributed by atoms with Crippen LogP contribution in [0, 0.1) is 6.92 Å². The van der Waals surface area contributed by atoms with Gasteiger partial charge in [-0.25, -0.2) is 9.97 Å². The summed E-state index contributed by atoms with van der Waals surface area (Å²) in [6.45, 7) is 3.82. The Hall–Kier alpha value is -3.10. The number of pyridine rings is 1. The lowest BCUT2D eigenvalue weighted by Crippen LogP contribution is -2.30. The van der Waals surface area contributed by atoms with Crippen LogP contribution in [0.15, 0.2) is 52.4 Å². The van der Waals surface area contributed by atoms with Gasteiger partial charge in [0.05, 0.1) is 43.5 Å². The first-order valence-electron chi connectivity index (χ1n) is 9.46. The second-order valence-corrected chi connectivity index (χ2v) is 9.10. The Kier molecular flexibility index (Phi) is 4.60. The van der Waals surface area contributed by atoms with E-state index in [2.05, 4.69) is 10.1 Å². The number of benzene rings is 1. The summed E-state index contributed by atoms with van der Waals surface area (Å²) in [4.78, 5) is 25.6. The molecule has 0 bridgehead atoms. The first-order valence-corrected chi connectivity index (χ1v) is 11.2. The molecule has 0 aliphatic rings. The molecule has 0 radical (unpaired) electrons. The van der Waals surface area contributed by atoms with E-state index in [0.29, 0.717) is 28.1 Å². The summed E-state index contributed by atoms with van der Waals surface area (Å²) in [6.07, 6.45) is 0. The van der Waals surface area contributed by atoms with Gasteiger partial charge in [0.25, 0.3) is 11.6 Å². The van der Waals surface area contributed by atoms with Gasteiger partial charge in [0.1, 0.15) is 5.01 Å². The normalized spacial score (nSPS) is 12.5. The Morgan fingerprint density at radius 2 is 2.00 bits per heavy atom. The molecule has 8 heteroatoms. The van der Waals surface area contributed by atoms with Gasteiger partial charge >= 0.3 is 0 Å². The summed E-state index contributed by atoms with van der Waals surface area (Å²) in [6, 6.07) is 13.6. The summed E-state index contributed by atoms with van der Waals surface area (Å²) >= 11 is 3.18. The van der Waals surface area contributed by atoms with Crippen molar-refractivity contribution in [2.45, 2.75) is 19.9 Å². The predicted octanol–water partition coefficient (Wildman–Crippen LogP) is 5.70. The van der Waals surface area contributed by atoms with Crippen LogP contribution in [0.4, 0.5) is 0 Å². The average molecular weight is 435 g/mol. The molecule has 1 atom stereocenters. The first-order chi connectivity index (χ1) is 14.5. The summed E-state index contributed by atoms with van der Waals surface area (Å²) in [5.41, 5.74) is 3.23. The highest BCUT2D eigenvalue weighted by molar-refractivity contribution is 7.18. The maximum absolute atomic E-state index is 13.6. The maximum atomic E-state index is 13.6. The van der Waals surface area contributed by atoms with Gasteiger partial charge in [-0.15, -0.1) is 22.7 Å². The summed E-state index contributed by atoms with van der Waals surface area (Å²) < 4.78 is 6.52. The van der Waals surface area contributed by atoms with E-state index in [4.69, 9.17) is 9.51 Å². The molecule has 1 amide bonds. The molecule has 0 saturated carbocycles. The van der Waals surface area contributed by atoms with Gasteiger partial charge in [0, 0.05) is 7.05 Å². The van der Waals surface area contributed by atoms with Crippen molar-refractivity contribution < 1.29 is 9.32 Å². The molecular formula is C22H18N4O2S2. The van der Waals surface area contributed by atoms with E-state index in [-0.39, 0.29) is 11.9 Å². The molecule has 30 heavy (non-hydrogen) atoms. The highest BCUT2D eigenvalue weighted by atomic mass is 32.1. The monoisotopic (exact) mass is 434 g/mol. The number of carbonyl (C=O) groups excluding carboxylic acids is 1. The lowest BCUT2D eigenvalue weighted by molar-refractivity contribution is 0.0744. The standard InChI is InChI=1S/C22H18N4O2S2/c1-12-19-14(11-16(17-9-6-10-29-17)23-20(19)28-25-12)22(27)26(3)13(2)21-24-15-7-4-5-8-18(15)30-21/h4-11,13H,1-3H3. The van der Waals surface area contributed by atoms with Crippen LogP contribution in [0.2, 0.25) is 0 Å². The number of aryl methyl sites for hydroxylation is 1. The van der Waals surface area contributed by atoms with E-state index >= 15 is 0 Å². The molecule has 0 fully saturated rings. The lowest BCUT2D eigenvalue weighted by Gasteiger charge is -2.23. The van der Waals surface area contributed by atoms with E-state index < -0.39 is 0 Å². The molecule has 0 aliphatic heterocycles. The zero-order valence-corrected chi connectivity index (χ0v) is 18.3. The third-order valence-corrected chi connectivity index (χ3v) is 7.29. The SMILES string of the molecule is Cc1noc2nc(-c3cccs3)cc(C(=O)N(C)C(C)c3nc4ccccc4s3)c12. The van der Waals surface area contributed by atoms with Crippen molar-refractivity contribution >= 4 is 49.9 Å². The van der Waals surface area contributed by atoms with Crippen LogP contribution in [0.3, 0.4) is 0 Å². The number of aromatic nitrogens is 3. The van der Waals surface area contributed by atoms with Crippen molar-refractivity contribution in [3.63, 3.8) is 0 Å². The molecule has 0 aliphatic carbocycles. The van der Waals surface area contributed by atoms with Crippen LogP contribution < -0.4 is 0 Å². The quantitative estimate of drug-likeness (QED) is 0.363. The van der Waals surface area contributed by atoms with Gasteiger partial charge in [0.15, 0.2) is 0 Å². The van der Waals surface area contributed by atoms with E-state index in [1.165, 1.54) is 0 Å². The Labute approximate surface area is 180 Å². The molecular weight excluding hydrogens is 416 g/mol. The van der Waals surface area contributed by atoms with Gasteiger partial charge < -0.3 is 9.42 Å². The molecule has 5 aromatic rings. The average Bonchev–Trinajstić information content (AvgIpc) is 3.51. The number of rotatable bonds is 4. The number of carbonyl (C=O) groups is 1. The minimum Gasteiger partial charge on any atom is -0.335 e. The fraction of sp³-hybridized carbons (Fsp3) is 0.182. The Bertz CT molecular complexity index is 1340. The Morgan fingerprint density at radius 3 is 2.77 bits per heavy atom. The van der Waals surface area contributed by atoms with E-state index in [0.717, 1.165) is 20.1 Å². The minimum atomic E-state index is -0.177. The third kappa shape index (κ3) is 3.09. The maximum Gasteiger partial charge on any atom is 0.259 e. The number of nitrogens with zero attached hydrogens (tertiary/aromatic N) is 4. The van der Waals surface area contributed by atoms with Gasteiger partial charge in [-0.05, 0) is 43.5 Å². The predicted molar refractivity (Wildman–Crippen MR) is 120 cm³/mol. The molecule has 4 heterocycles. The number of thiophene rings is 1. The van der Waals surface area contributed by atoms with E-state index in [1.54, 1.807) is 34.6 Å². The number of hydrogen-bond acceptors (Lipinski definition) is 7. The number of hydrogen-bond donors (Lipinski definition) is 0. The first kappa shape index (κ1) is 18.9. The highest BCUT2D eigenvalue weighted by Gasteiger charge is 2.26. The van der Waals surface area contributed by atoms with Gasteiger partial charge in [0.2, 0.25) is 0 Å². The highest BCUT2D eigenvalue weighted by Crippen LogP contribution is 2.33. The Morgan fingerprint density at radius 1 is 1.17 bits per heavy atom. The summed E-state index contributed by atoms with van der Waals surface area (Å²) in [5.74, 6) is -0.113. The van der Waals surface area contributed by atoms with Crippen LogP contribution in [0.1, 0.15) is 34.0 Å². The third-order valence-electron chi connectivity index (χ3n) is 5.19. The van der Waals surface area contributed by atoms with Crippen molar-refractivity contribution in [2.75, 3.05) is 7.05 Å². The van der Waals surface area contributed by atoms with Crippen molar-refractivity contribution in [3.8, 4) is 10.6 Å². The molecule has 0 N–H and O–H groups in total. The fourth-order valence-electron chi connectivity index (χ4n) is 3.41. The molecule has 1 unspecified atom stereocenters. The summed E-state index contributed by atoms with van der Waals surface area (Å²) in [7, 11) is 1.80. The second kappa shape index (κ2) is 7.30. The zero-order chi connectivity index (χ0) is 20.8. The zero-order valence-electron chi connectivity index (χ0n) is 16.6. The molecule has 6 nitrogen and oxygen atoms in total. The minimum absolute atomic E-state index is 0.113. The number of thiazole rings is 1. The van der Waals surface area contributed by atoms with Gasteiger partial charge in [-0.3, -0.25) is 4.79 Å². The second-order valence-electron chi connectivity index (χ2n) is 7.09. The van der Waals surface area contributed by atoms with Crippen LogP contribution in [0.5, 0.6) is 0 Å². The number of amides is 1. The molecule has 150 valence electrons. The van der Waals surface area contributed by atoms with Crippen molar-refractivity contribution in [3.05, 3.63) is 64.1 Å². The molecule has 0 spiro atoms. The van der Waals surface area contributed by atoms with Crippen LogP contribution in [-0.2, 0) is 0 Å². The lowest BCUT2D eigenvalue weighted by atomic mass is 10.1.